The summed E-state index contributed by atoms with van der Waals surface area (Å²) in [6.45, 7) is 1.92. The van der Waals surface area contributed by atoms with Crippen LogP contribution in [0.2, 0.25) is 10.0 Å². The third kappa shape index (κ3) is 9.87. The van der Waals surface area contributed by atoms with Gasteiger partial charge in [-0.3, -0.25) is 13.9 Å². The van der Waals surface area contributed by atoms with Gasteiger partial charge in [0.2, 0.25) is 21.8 Å². The van der Waals surface area contributed by atoms with Crippen LogP contribution in [-0.2, 0) is 38.8 Å². The second-order valence-electron chi connectivity index (χ2n) is 10.2. The second-order valence-corrected chi connectivity index (χ2v) is 12.9. The summed E-state index contributed by atoms with van der Waals surface area (Å²) in [6, 6.07) is 17.1. The summed E-state index contributed by atoms with van der Waals surface area (Å²) in [5.41, 5.74) is 0.0759. The molecule has 3 aromatic carbocycles. The number of carbonyl (C=O) groups is 2. The van der Waals surface area contributed by atoms with Crippen LogP contribution in [0.1, 0.15) is 42.9 Å². The van der Waals surface area contributed by atoms with Crippen molar-refractivity contribution in [2.45, 2.75) is 51.4 Å². The predicted octanol–water partition coefficient (Wildman–Crippen LogP) is 6.72. The van der Waals surface area contributed by atoms with Crippen molar-refractivity contribution in [2.24, 2.45) is 0 Å². The van der Waals surface area contributed by atoms with Crippen LogP contribution in [0.25, 0.3) is 0 Å². The first kappa shape index (κ1) is 35.2. The highest BCUT2D eigenvalue weighted by molar-refractivity contribution is 7.92. The lowest BCUT2D eigenvalue weighted by Gasteiger charge is -2.32. The second kappa shape index (κ2) is 15.6. The average molecular weight is 673 g/mol. The van der Waals surface area contributed by atoms with Gasteiger partial charge in [-0.1, -0.05) is 72.6 Å². The van der Waals surface area contributed by atoms with Crippen molar-refractivity contribution in [3.8, 4) is 0 Å². The van der Waals surface area contributed by atoms with Gasteiger partial charge in [0.25, 0.3) is 0 Å². The molecule has 0 saturated carbocycles. The summed E-state index contributed by atoms with van der Waals surface area (Å²) < 4.78 is 66.0. The van der Waals surface area contributed by atoms with Crippen molar-refractivity contribution >= 4 is 50.7 Å². The number of nitrogens with one attached hydrogen (secondary N) is 1. The fourth-order valence-electron chi connectivity index (χ4n) is 4.61. The van der Waals surface area contributed by atoms with Crippen molar-refractivity contribution in [3.63, 3.8) is 0 Å². The number of amides is 2. The first-order valence-corrected chi connectivity index (χ1v) is 16.5. The number of hydrogen-bond acceptors (Lipinski definition) is 4. The molecular formula is C31H34Cl2F3N3O4S. The van der Waals surface area contributed by atoms with Crippen molar-refractivity contribution in [1.29, 1.82) is 0 Å². The average Bonchev–Trinajstić information content (AvgIpc) is 2.96. The number of hydrogen-bond donors (Lipinski definition) is 1. The fourth-order valence-corrected chi connectivity index (χ4v) is 6.09. The molecule has 0 heterocycles. The van der Waals surface area contributed by atoms with Gasteiger partial charge in [-0.05, 0) is 48.7 Å². The molecule has 44 heavy (non-hydrogen) atoms. The molecule has 0 aliphatic rings. The van der Waals surface area contributed by atoms with Gasteiger partial charge < -0.3 is 10.2 Å². The molecule has 238 valence electrons. The fraction of sp³-hybridized carbons (Fsp3) is 0.355. The number of halogens is 5. The van der Waals surface area contributed by atoms with E-state index in [0.717, 1.165) is 34.3 Å². The van der Waals surface area contributed by atoms with E-state index in [-0.39, 0.29) is 43.9 Å². The largest absolute Gasteiger partial charge is 0.416 e. The van der Waals surface area contributed by atoms with Gasteiger partial charge in [0.15, 0.2) is 0 Å². The Balaban J connectivity index is 1.93. The molecule has 0 unspecified atom stereocenters. The maximum absolute atomic E-state index is 13.9. The Kier molecular flexibility index (Phi) is 12.5. The van der Waals surface area contributed by atoms with Crippen molar-refractivity contribution < 1.29 is 31.2 Å². The highest BCUT2D eigenvalue weighted by Gasteiger charge is 2.33. The minimum atomic E-state index is -4.66. The number of alkyl halides is 3. The lowest BCUT2D eigenvalue weighted by Crippen LogP contribution is -2.50. The predicted molar refractivity (Wildman–Crippen MR) is 167 cm³/mol. The molecule has 3 rings (SSSR count). The molecule has 7 nitrogen and oxygen atoms in total. The van der Waals surface area contributed by atoms with E-state index >= 15 is 0 Å². The van der Waals surface area contributed by atoms with Crippen LogP contribution in [-0.4, -0.2) is 50.5 Å². The lowest BCUT2D eigenvalue weighted by atomic mass is 10.0. The number of anilines is 1. The van der Waals surface area contributed by atoms with Crippen LogP contribution in [0.15, 0.2) is 72.8 Å². The molecular weight excluding hydrogens is 638 g/mol. The van der Waals surface area contributed by atoms with Gasteiger partial charge in [-0.2, -0.15) is 13.2 Å². The minimum Gasteiger partial charge on any atom is -0.354 e. The first-order valence-electron chi connectivity index (χ1n) is 13.9. The van der Waals surface area contributed by atoms with E-state index in [1.807, 2.05) is 37.3 Å². The molecule has 13 heteroatoms. The molecule has 2 amide bonds. The monoisotopic (exact) mass is 671 g/mol. The Morgan fingerprint density at radius 1 is 0.955 bits per heavy atom. The highest BCUT2D eigenvalue weighted by atomic mass is 35.5. The van der Waals surface area contributed by atoms with E-state index < -0.39 is 33.7 Å². The Hall–Kier alpha value is -3.28. The molecule has 3 aromatic rings. The van der Waals surface area contributed by atoms with Crippen molar-refractivity contribution in [3.05, 3.63) is 99.5 Å². The smallest absolute Gasteiger partial charge is 0.354 e. The topological polar surface area (TPSA) is 86.8 Å². The summed E-state index contributed by atoms with van der Waals surface area (Å²) in [5.74, 6) is -0.861. The van der Waals surface area contributed by atoms with E-state index in [2.05, 4.69) is 5.32 Å². The molecule has 0 aromatic heterocycles. The molecule has 0 bridgehead atoms. The zero-order valence-electron chi connectivity index (χ0n) is 24.3. The summed E-state index contributed by atoms with van der Waals surface area (Å²) >= 11 is 12.9. The van der Waals surface area contributed by atoms with Gasteiger partial charge in [-0.15, -0.1) is 0 Å². The van der Waals surface area contributed by atoms with Gasteiger partial charge in [-0.25, -0.2) is 8.42 Å². The molecule has 0 aliphatic heterocycles. The molecule has 1 N–H and O–H groups in total. The number of carbonyl (C=O) groups excluding carboxylic acids is 2. The summed E-state index contributed by atoms with van der Waals surface area (Å²) in [7, 11) is -4.00. The zero-order valence-corrected chi connectivity index (χ0v) is 26.6. The SMILES string of the molecule is CCCNC(=O)[C@H](Cc1ccccc1)N(Cc1c(Cl)cccc1Cl)C(=O)CCCN(c1cccc(C(F)(F)F)c1)S(C)(=O)=O. The number of rotatable bonds is 14. The van der Waals surface area contributed by atoms with E-state index in [1.165, 1.54) is 11.0 Å². The van der Waals surface area contributed by atoms with E-state index in [1.54, 1.807) is 18.2 Å². The molecule has 1 atom stereocenters. The lowest BCUT2D eigenvalue weighted by molar-refractivity contribution is -0.141. The van der Waals surface area contributed by atoms with Crippen LogP contribution >= 0.6 is 23.2 Å². The van der Waals surface area contributed by atoms with Gasteiger partial charge in [0.1, 0.15) is 6.04 Å². The maximum atomic E-state index is 13.9. The molecule has 0 saturated heterocycles. The molecule has 0 radical (unpaired) electrons. The maximum Gasteiger partial charge on any atom is 0.416 e. The van der Waals surface area contributed by atoms with Gasteiger partial charge in [0, 0.05) is 48.1 Å². The van der Waals surface area contributed by atoms with E-state index in [4.69, 9.17) is 23.2 Å². The van der Waals surface area contributed by atoms with Crippen LogP contribution in [0.5, 0.6) is 0 Å². The third-order valence-electron chi connectivity index (χ3n) is 6.82. The summed E-state index contributed by atoms with van der Waals surface area (Å²) in [5, 5.41) is 3.46. The normalized spacial score (nSPS) is 12.4. The summed E-state index contributed by atoms with van der Waals surface area (Å²) in [6.07, 6.45) is -3.17. The Morgan fingerprint density at radius 3 is 2.18 bits per heavy atom. The molecule has 0 spiro atoms. The van der Waals surface area contributed by atoms with Gasteiger partial charge in [0.05, 0.1) is 17.5 Å². The molecule has 0 fully saturated rings. The van der Waals surface area contributed by atoms with Crippen LogP contribution in [0.4, 0.5) is 18.9 Å². The quantitative estimate of drug-likeness (QED) is 0.206. The van der Waals surface area contributed by atoms with E-state index in [9.17, 15) is 31.2 Å². The standard InChI is InChI=1S/C31H34Cl2F3N3O4S/c1-3-17-37-30(41)28(19-22-10-5-4-6-11-22)38(21-25-26(32)14-8-15-27(25)33)29(40)16-9-18-39(44(2,42)43)24-13-7-12-23(20-24)31(34,35)36/h4-8,10-15,20,28H,3,9,16-19,21H2,1-2H3,(H,37,41)/t28-/m0/s1. The van der Waals surface area contributed by atoms with E-state index in [0.29, 0.717) is 28.6 Å². The Labute approximate surface area is 266 Å². The number of sulfonamides is 1. The van der Waals surface area contributed by atoms with Crippen molar-refractivity contribution in [1.82, 2.24) is 10.2 Å². The number of benzene rings is 3. The third-order valence-corrected chi connectivity index (χ3v) is 8.73. The van der Waals surface area contributed by atoms with Gasteiger partial charge >= 0.3 is 6.18 Å². The molecule has 0 aliphatic carbocycles. The Bertz CT molecular complexity index is 1520. The van der Waals surface area contributed by atoms with Crippen molar-refractivity contribution in [2.75, 3.05) is 23.7 Å². The zero-order chi connectivity index (χ0) is 32.5. The number of nitrogens with zero attached hydrogens (tertiary/aromatic N) is 2. The Morgan fingerprint density at radius 2 is 1.59 bits per heavy atom. The first-order chi connectivity index (χ1) is 20.7. The van der Waals surface area contributed by atoms with Crippen LogP contribution < -0.4 is 9.62 Å². The van der Waals surface area contributed by atoms with Crippen LogP contribution in [0.3, 0.4) is 0 Å². The van der Waals surface area contributed by atoms with Crippen LogP contribution in [0, 0.1) is 0 Å². The highest BCUT2D eigenvalue weighted by Crippen LogP contribution is 2.32. The summed E-state index contributed by atoms with van der Waals surface area (Å²) in [4.78, 5) is 28.7. The minimum absolute atomic E-state index is 0.0382.